The molecule has 7 heteroatoms. The Hall–Kier alpha value is -2.25. The molecule has 0 radical (unpaired) electrons. The van der Waals surface area contributed by atoms with Gasteiger partial charge in [-0.2, -0.15) is 0 Å². The third-order valence-electron chi connectivity index (χ3n) is 7.13. The SMILES string of the molecule is CN(Cc1cccc2c1C(=O)N(C1CCC(=O)NC1=O)C2)C1CC2CCC(C1)N2. The van der Waals surface area contributed by atoms with Gasteiger partial charge < -0.3 is 10.2 Å². The Labute approximate surface area is 170 Å². The summed E-state index contributed by atoms with van der Waals surface area (Å²) >= 11 is 0. The molecule has 4 aliphatic heterocycles. The Morgan fingerprint density at radius 1 is 1.10 bits per heavy atom. The van der Waals surface area contributed by atoms with E-state index >= 15 is 0 Å². The van der Waals surface area contributed by atoms with E-state index in [4.69, 9.17) is 0 Å². The highest BCUT2D eigenvalue weighted by Crippen LogP contribution is 2.33. The van der Waals surface area contributed by atoms with Crippen molar-refractivity contribution in [3.8, 4) is 0 Å². The topological polar surface area (TPSA) is 81.8 Å². The predicted octanol–water partition coefficient (Wildman–Crippen LogP) is 1.16. The molecule has 3 atom stereocenters. The molecule has 4 aliphatic rings. The monoisotopic (exact) mass is 396 g/mol. The van der Waals surface area contributed by atoms with E-state index in [1.807, 2.05) is 18.2 Å². The lowest BCUT2D eigenvalue weighted by Crippen LogP contribution is -2.52. The first-order valence-corrected chi connectivity index (χ1v) is 10.7. The Balaban J connectivity index is 1.33. The number of hydrogen-bond acceptors (Lipinski definition) is 5. The Bertz CT molecular complexity index is 858. The van der Waals surface area contributed by atoms with Crippen LogP contribution in [0.2, 0.25) is 0 Å². The molecule has 5 rings (SSSR count). The second-order valence-electron chi connectivity index (χ2n) is 9.03. The van der Waals surface area contributed by atoms with Crippen LogP contribution in [0.1, 0.15) is 60.0 Å². The number of piperidine rings is 2. The molecule has 1 aromatic rings. The highest BCUT2D eigenvalue weighted by Gasteiger charge is 2.40. The van der Waals surface area contributed by atoms with Gasteiger partial charge in [-0.25, -0.2) is 0 Å². The molecule has 0 aromatic heterocycles. The van der Waals surface area contributed by atoms with E-state index in [-0.39, 0.29) is 24.1 Å². The van der Waals surface area contributed by atoms with Crippen molar-refractivity contribution >= 4 is 17.7 Å². The number of benzene rings is 1. The van der Waals surface area contributed by atoms with Crippen molar-refractivity contribution in [2.75, 3.05) is 7.05 Å². The van der Waals surface area contributed by atoms with Crippen molar-refractivity contribution in [1.29, 1.82) is 0 Å². The molecule has 3 saturated heterocycles. The van der Waals surface area contributed by atoms with Gasteiger partial charge in [0.2, 0.25) is 11.8 Å². The first kappa shape index (κ1) is 18.8. The van der Waals surface area contributed by atoms with E-state index in [2.05, 4.69) is 22.6 Å². The molecule has 3 fully saturated rings. The third kappa shape index (κ3) is 3.36. The lowest BCUT2D eigenvalue weighted by Gasteiger charge is -2.36. The van der Waals surface area contributed by atoms with Crippen LogP contribution in [0.15, 0.2) is 18.2 Å². The number of fused-ring (bicyclic) bond motifs is 3. The number of nitrogens with zero attached hydrogens (tertiary/aromatic N) is 2. The van der Waals surface area contributed by atoms with Crippen molar-refractivity contribution in [1.82, 2.24) is 20.4 Å². The summed E-state index contributed by atoms with van der Waals surface area (Å²) in [4.78, 5) is 41.0. The van der Waals surface area contributed by atoms with Crippen LogP contribution < -0.4 is 10.6 Å². The molecular weight excluding hydrogens is 368 g/mol. The zero-order chi connectivity index (χ0) is 20.1. The van der Waals surface area contributed by atoms with Crippen LogP contribution in [0, 0.1) is 0 Å². The number of carbonyl (C=O) groups is 3. The van der Waals surface area contributed by atoms with E-state index in [0.29, 0.717) is 31.1 Å². The normalized spacial score (nSPS) is 31.4. The summed E-state index contributed by atoms with van der Waals surface area (Å²) in [6.07, 6.45) is 5.56. The Morgan fingerprint density at radius 3 is 2.59 bits per heavy atom. The van der Waals surface area contributed by atoms with Crippen molar-refractivity contribution in [3.05, 3.63) is 34.9 Å². The third-order valence-corrected chi connectivity index (χ3v) is 7.13. The summed E-state index contributed by atoms with van der Waals surface area (Å²) in [5, 5.41) is 6.06. The average molecular weight is 396 g/mol. The zero-order valence-corrected chi connectivity index (χ0v) is 16.8. The summed E-state index contributed by atoms with van der Waals surface area (Å²) in [5.41, 5.74) is 2.77. The number of carbonyl (C=O) groups excluding carboxylic acids is 3. The fourth-order valence-electron chi connectivity index (χ4n) is 5.61. The molecule has 2 N–H and O–H groups in total. The van der Waals surface area contributed by atoms with Gasteiger partial charge in [0.1, 0.15) is 6.04 Å². The maximum absolute atomic E-state index is 13.2. The van der Waals surface area contributed by atoms with Crippen LogP contribution in [0.3, 0.4) is 0 Å². The Kier molecular flexibility index (Phi) is 4.67. The van der Waals surface area contributed by atoms with Crippen molar-refractivity contribution in [3.63, 3.8) is 0 Å². The Morgan fingerprint density at radius 2 is 1.86 bits per heavy atom. The molecule has 7 nitrogen and oxygen atoms in total. The van der Waals surface area contributed by atoms with Gasteiger partial charge in [-0.1, -0.05) is 18.2 Å². The van der Waals surface area contributed by atoms with Gasteiger partial charge in [0, 0.05) is 43.2 Å². The summed E-state index contributed by atoms with van der Waals surface area (Å²) in [6, 6.07) is 7.27. The van der Waals surface area contributed by atoms with Gasteiger partial charge in [-0.3, -0.25) is 24.6 Å². The molecule has 0 aliphatic carbocycles. The van der Waals surface area contributed by atoms with E-state index in [0.717, 1.165) is 23.2 Å². The van der Waals surface area contributed by atoms with E-state index in [1.165, 1.54) is 25.7 Å². The van der Waals surface area contributed by atoms with Crippen LogP contribution in [0.4, 0.5) is 0 Å². The summed E-state index contributed by atoms with van der Waals surface area (Å²) in [7, 11) is 2.16. The van der Waals surface area contributed by atoms with Gasteiger partial charge in [-0.15, -0.1) is 0 Å². The van der Waals surface area contributed by atoms with Gasteiger partial charge >= 0.3 is 0 Å². The molecule has 0 spiro atoms. The summed E-state index contributed by atoms with van der Waals surface area (Å²) in [6.45, 7) is 1.18. The molecule has 0 saturated carbocycles. The number of nitrogens with one attached hydrogen (secondary N) is 2. The number of hydrogen-bond donors (Lipinski definition) is 2. The molecule has 2 bridgehead atoms. The van der Waals surface area contributed by atoms with Crippen LogP contribution in [-0.4, -0.2) is 58.7 Å². The minimum Gasteiger partial charge on any atom is -0.322 e. The predicted molar refractivity (Wildman–Crippen MR) is 107 cm³/mol. The first-order chi connectivity index (χ1) is 14.0. The van der Waals surface area contributed by atoms with Gasteiger partial charge in [-0.05, 0) is 50.3 Å². The molecule has 4 heterocycles. The minimum absolute atomic E-state index is 0.0797. The van der Waals surface area contributed by atoms with E-state index in [9.17, 15) is 14.4 Å². The fourth-order valence-corrected chi connectivity index (χ4v) is 5.61. The number of rotatable bonds is 4. The van der Waals surface area contributed by atoms with Gasteiger partial charge in [0.05, 0.1) is 0 Å². The van der Waals surface area contributed by atoms with Crippen molar-refractivity contribution < 1.29 is 14.4 Å². The smallest absolute Gasteiger partial charge is 0.255 e. The van der Waals surface area contributed by atoms with E-state index in [1.54, 1.807) is 4.90 Å². The fraction of sp³-hybridized carbons (Fsp3) is 0.591. The number of amides is 3. The zero-order valence-electron chi connectivity index (χ0n) is 16.8. The average Bonchev–Trinajstić information content (AvgIpc) is 3.21. The maximum Gasteiger partial charge on any atom is 0.255 e. The summed E-state index contributed by atoms with van der Waals surface area (Å²) in [5.74, 6) is -0.691. The van der Waals surface area contributed by atoms with Gasteiger partial charge in [0.25, 0.3) is 5.91 Å². The molecular formula is C22H28N4O3. The van der Waals surface area contributed by atoms with Crippen LogP contribution >= 0.6 is 0 Å². The largest absolute Gasteiger partial charge is 0.322 e. The van der Waals surface area contributed by atoms with Crippen LogP contribution in [0.5, 0.6) is 0 Å². The molecule has 154 valence electrons. The standard InChI is InChI=1S/C22H28N4O3/c1-25(17-9-15-5-6-16(10-17)23-15)11-13-3-2-4-14-12-26(22(29)20(13)14)18-7-8-19(27)24-21(18)28/h2-4,15-18,23H,5-12H2,1H3,(H,24,27,28). The molecule has 3 unspecified atom stereocenters. The molecule has 1 aromatic carbocycles. The second kappa shape index (κ2) is 7.22. The maximum atomic E-state index is 13.2. The minimum atomic E-state index is -0.557. The van der Waals surface area contributed by atoms with Crippen LogP contribution in [-0.2, 0) is 22.7 Å². The number of imide groups is 1. The highest BCUT2D eigenvalue weighted by molar-refractivity contribution is 6.05. The summed E-state index contributed by atoms with van der Waals surface area (Å²) < 4.78 is 0. The molecule has 3 amide bonds. The van der Waals surface area contributed by atoms with Crippen molar-refractivity contribution in [2.24, 2.45) is 0 Å². The lowest BCUT2D eigenvalue weighted by molar-refractivity contribution is -0.136. The first-order valence-electron chi connectivity index (χ1n) is 10.7. The highest BCUT2D eigenvalue weighted by atomic mass is 16.2. The van der Waals surface area contributed by atoms with Crippen molar-refractivity contribution in [2.45, 2.75) is 75.8 Å². The van der Waals surface area contributed by atoms with Gasteiger partial charge in [0.15, 0.2) is 0 Å². The quantitative estimate of drug-likeness (QED) is 0.747. The van der Waals surface area contributed by atoms with Crippen LogP contribution in [0.25, 0.3) is 0 Å². The second-order valence-corrected chi connectivity index (χ2v) is 9.03. The molecule has 29 heavy (non-hydrogen) atoms. The van der Waals surface area contributed by atoms with E-state index < -0.39 is 6.04 Å². The lowest BCUT2D eigenvalue weighted by atomic mass is 9.97.